The highest BCUT2D eigenvalue weighted by molar-refractivity contribution is 6.09. The number of H-pyrrole nitrogens is 1. The van der Waals surface area contributed by atoms with E-state index in [1.54, 1.807) is 6.07 Å². The third kappa shape index (κ3) is 5.32. The van der Waals surface area contributed by atoms with E-state index >= 15 is 0 Å². The summed E-state index contributed by atoms with van der Waals surface area (Å²) in [6, 6.07) is 10.3. The van der Waals surface area contributed by atoms with Crippen molar-refractivity contribution in [3.8, 4) is 0 Å². The number of aromatic amines is 1. The van der Waals surface area contributed by atoms with E-state index in [1.165, 1.54) is 36.5 Å². The molecule has 0 saturated carbocycles. The summed E-state index contributed by atoms with van der Waals surface area (Å²) in [6.07, 6.45) is 1.53. The number of nitrogens with zero attached hydrogens (tertiary/aromatic N) is 3. The molecule has 1 aliphatic heterocycles. The Morgan fingerprint density at radius 1 is 1.17 bits per heavy atom. The molecule has 0 radical (unpaired) electrons. The molecule has 7 nitrogen and oxygen atoms in total. The quantitative estimate of drug-likeness (QED) is 0.344. The van der Waals surface area contributed by atoms with E-state index in [0.717, 1.165) is 37.8 Å². The maximum absolute atomic E-state index is 13.2. The first kappa shape index (κ1) is 25.2. The van der Waals surface area contributed by atoms with Crippen molar-refractivity contribution in [2.45, 2.75) is 32.9 Å². The number of aromatic nitrogens is 3. The molecule has 188 valence electrons. The first-order valence-electron chi connectivity index (χ1n) is 11.7. The topological polar surface area (TPSA) is 97.8 Å². The van der Waals surface area contributed by atoms with E-state index < -0.39 is 17.6 Å². The van der Waals surface area contributed by atoms with Gasteiger partial charge in [-0.2, -0.15) is 13.2 Å². The highest BCUT2D eigenvalue weighted by Gasteiger charge is 2.40. The van der Waals surface area contributed by atoms with Crippen LogP contribution >= 0.6 is 0 Å². The number of rotatable bonds is 8. The summed E-state index contributed by atoms with van der Waals surface area (Å²) in [5.41, 5.74) is -0.973. The zero-order chi connectivity index (χ0) is 25.9. The summed E-state index contributed by atoms with van der Waals surface area (Å²) in [7, 11) is 0. The zero-order valence-corrected chi connectivity index (χ0v) is 20.0. The maximum Gasteiger partial charge on any atom is 0.417 e. The summed E-state index contributed by atoms with van der Waals surface area (Å²) in [6.45, 7) is 6.26. The van der Waals surface area contributed by atoms with Crippen LogP contribution in [0.1, 0.15) is 54.1 Å². The van der Waals surface area contributed by atoms with Gasteiger partial charge in [0.05, 0.1) is 17.5 Å². The van der Waals surface area contributed by atoms with Gasteiger partial charge < -0.3 is 20.6 Å². The third-order valence-electron chi connectivity index (χ3n) is 6.62. The van der Waals surface area contributed by atoms with E-state index in [9.17, 15) is 18.0 Å². The molecule has 3 N–H and O–H groups in total. The van der Waals surface area contributed by atoms with Gasteiger partial charge in [0.25, 0.3) is 5.91 Å². The van der Waals surface area contributed by atoms with Gasteiger partial charge in [-0.05, 0) is 43.2 Å². The van der Waals surface area contributed by atoms with Gasteiger partial charge in [0.2, 0.25) is 0 Å². The van der Waals surface area contributed by atoms with Crippen LogP contribution in [0.5, 0.6) is 0 Å². The molecule has 4 rings (SSSR count). The van der Waals surface area contributed by atoms with Gasteiger partial charge in [0, 0.05) is 24.1 Å². The normalized spacial score (nSPS) is 15.1. The summed E-state index contributed by atoms with van der Waals surface area (Å²) < 4.78 is 39.6. The minimum Gasteiger partial charge on any atom is -0.355 e. The lowest BCUT2D eigenvalue weighted by Crippen LogP contribution is -2.56. The van der Waals surface area contributed by atoms with Crippen LogP contribution in [0.15, 0.2) is 54.7 Å². The second-order valence-corrected chi connectivity index (χ2v) is 8.87. The first-order chi connectivity index (χ1) is 17.1. The number of alkyl halides is 3. The average molecular weight is 497 g/mol. The molecule has 2 aromatic heterocycles. The standard InChI is InChI=1S/C26H27F3N6O/c1-3-25(4-2)15-35(16-25)23-11-7-10-22(33-23)34-24(36)20-14-31-21(32-20)13-12-19(30)17-8-5-6-9-18(17)26(27,28)29/h5-14,30H,3-4,15-16H2,1-2H3,(H,31,32)(H,33,34,36)/b13-12-,30-19?. The number of nitrogens with one attached hydrogen (secondary N) is 3. The van der Waals surface area contributed by atoms with Gasteiger partial charge in [0.1, 0.15) is 23.2 Å². The summed E-state index contributed by atoms with van der Waals surface area (Å²) in [5, 5.41) is 10.8. The number of hydrogen-bond acceptors (Lipinski definition) is 5. The number of carbonyl (C=O) groups excluding carboxylic acids is 1. The molecule has 3 aromatic rings. The third-order valence-corrected chi connectivity index (χ3v) is 6.62. The molecule has 0 unspecified atom stereocenters. The van der Waals surface area contributed by atoms with Gasteiger partial charge in [-0.15, -0.1) is 0 Å². The lowest BCUT2D eigenvalue weighted by Gasteiger charge is -2.50. The zero-order valence-electron chi connectivity index (χ0n) is 20.0. The van der Waals surface area contributed by atoms with Crippen LogP contribution < -0.4 is 10.2 Å². The lowest BCUT2D eigenvalue weighted by molar-refractivity contribution is -0.137. The first-order valence-corrected chi connectivity index (χ1v) is 11.7. The van der Waals surface area contributed by atoms with Crippen molar-refractivity contribution in [1.82, 2.24) is 15.0 Å². The van der Waals surface area contributed by atoms with Gasteiger partial charge >= 0.3 is 6.18 Å². The van der Waals surface area contributed by atoms with Gasteiger partial charge in [-0.25, -0.2) is 9.97 Å². The molecule has 36 heavy (non-hydrogen) atoms. The molecule has 0 atom stereocenters. The van der Waals surface area contributed by atoms with Crippen LogP contribution in [-0.4, -0.2) is 39.7 Å². The Kier molecular flexibility index (Phi) is 6.96. The number of anilines is 2. The fourth-order valence-corrected chi connectivity index (χ4v) is 4.23. The maximum atomic E-state index is 13.2. The van der Waals surface area contributed by atoms with Crippen molar-refractivity contribution in [2.24, 2.45) is 5.41 Å². The number of amides is 1. The Morgan fingerprint density at radius 2 is 1.89 bits per heavy atom. The molecule has 0 aliphatic carbocycles. The van der Waals surface area contributed by atoms with E-state index in [2.05, 4.69) is 39.0 Å². The van der Waals surface area contributed by atoms with Gasteiger partial charge in [0.15, 0.2) is 0 Å². The van der Waals surface area contributed by atoms with E-state index in [-0.39, 0.29) is 22.8 Å². The van der Waals surface area contributed by atoms with Crippen LogP contribution in [0.2, 0.25) is 0 Å². The van der Waals surface area contributed by atoms with Gasteiger partial charge in [-0.1, -0.05) is 38.1 Å². The monoisotopic (exact) mass is 496 g/mol. The lowest BCUT2D eigenvalue weighted by atomic mass is 9.75. The number of benzene rings is 1. The van der Waals surface area contributed by atoms with Gasteiger partial charge in [-0.3, -0.25) is 4.79 Å². The number of allylic oxidation sites excluding steroid dienone is 1. The summed E-state index contributed by atoms with van der Waals surface area (Å²) >= 11 is 0. The molecular weight excluding hydrogens is 469 g/mol. The number of pyridine rings is 1. The Balaban J connectivity index is 1.40. The average Bonchev–Trinajstić information content (AvgIpc) is 3.32. The largest absolute Gasteiger partial charge is 0.417 e. The number of carbonyl (C=O) groups is 1. The molecule has 1 fully saturated rings. The molecule has 1 aliphatic rings. The van der Waals surface area contributed by atoms with E-state index in [1.807, 2.05) is 12.1 Å². The van der Waals surface area contributed by atoms with Crippen LogP contribution in [0.25, 0.3) is 6.08 Å². The summed E-state index contributed by atoms with van der Waals surface area (Å²) in [4.78, 5) is 26.3. The fourth-order valence-electron chi connectivity index (χ4n) is 4.23. The molecule has 3 heterocycles. The molecule has 1 aromatic carbocycles. The van der Waals surface area contributed by atoms with Crippen LogP contribution in [0, 0.1) is 10.8 Å². The van der Waals surface area contributed by atoms with Crippen molar-refractivity contribution in [3.05, 3.63) is 77.4 Å². The highest BCUT2D eigenvalue weighted by Crippen LogP contribution is 2.39. The molecule has 0 spiro atoms. The molecule has 1 amide bonds. The van der Waals surface area contributed by atoms with E-state index in [4.69, 9.17) is 5.41 Å². The second-order valence-electron chi connectivity index (χ2n) is 8.87. The Bertz CT molecular complexity index is 1280. The Labute approximate surface area is 207 Å². The predicted octanol–water partition coefficient (Wildman–Crippen LogP) is 5.78. The van der Waals surface area contributed by atoms with Crippen LogP contribution in [-0.2, 0) is 6.18 Å². The SMILES string of the molecule is CCC1(CC)CN(c2cccc(NC(=O)c3cnc(/C=C\C(=N)c4ccccc4C(F)(F)F)[nH]3)n2)C1. The smallest absolute Gasteiger partial charge is 0.355 e. The minimum absolute atomic E-state index is 0.156. The number of imidazole rings is 1. The van der Waals surface area contributed by atoms with Crippen molar-refractivity contribution in [1.29, 1.82) is 5.41 Å². The van der Waals surface area contributed by atoms with Crippen molar-refractivity contribution in [2.75, 3.05) is 23.3 Å². The molecule has 10 heteroatoms. The highest BCUT2D eigenvalue weighted by atomic mass is 19.4. The van der Waals surface area contributed by atoms with Crippen LogP contribution in [0.3, 0.4) is 0 Å². The molecule has 0 bridgehead atoms. The van der Waals surface area contributed by atoms with Crippen molar-refractivity contribution < 1.29 is 18.0 Å². The van der Waals surface area contributed by atoms with Crippen molar-refractivity contribution in [3.63, 3.8) is 0 Å². The fraction of sp³-hybridized carbons (Fsp3) is 0.308. The summed E-state index contributed by atoms with van der Waals surface area (Å²) in [5.74, 6) is 0.980. The predicted molar refractivity (Wildman–Crippen MR) is 133 cm³/mol. The Hall–Kier alpha value is -3.95. The second kappa shape index (κ2) is 9.96. The Morgan fingerprint density at radius 3 is 2.58 bits per heavy atom. The van der Waals surface area contributed by atoms with Crippen LogP contribution in [0.4, 0.5) is 24.8 Å². The minimum atomic E-state index is -4.57. The molecular formula is C26H27F3N6O. The van der Waals surface area contributed by atoms with E-state index in [0.29, 0.717) is 11.2 Å². The number of hydrogen-bond donors (Lipinski definition) is 3. The molecule has 1 saturated heterocycles. The van der Waals surface area contributed by atoms with Crippen molar-refractivity contribution >= 4 is 29.3 Å². The number of halogens is 3.